The number of ether oxygens (including phenoxy) is 1. The Morgan fingerprint density at radius 1 is 0.692 bits per heavy atom. The average molecular weight is 519 g/mol. The summed E-state index contributed by atoms with van der Waals surface area (Å²) in [6, 6.07) is 28.4. The highest BCUT2D eigenvalue weighted by molar-refractivity contribution is 6.08. The van der Waals surface area contributed by atoms with Crippen molar-refractivity contribution in [3.05, 3.63) is 95.6 Å². The van der Waals surface area contributed by atoms with Gasteiger partial charge in [0.2, 0.25) is 0 Å². The van der Waals surface area contributed by atoms with Gasteiger partial charge in [-0.15, -0.1) is 0 Å². The van der Waals surface area contributed by atoms with Crippen molar-refractivity contribution in [2.24, 2.45) is 0 Å². The number of unbranched alkanes of at least 4 members (excludes halogenated alkanes) is 6. The van der Waals surface area contributed by atoms with Crippen molar-refractivity contribution in [2.45, 2.75) is 83.5 Å². The molecule has 0 N–H and O–H groups in total. The molecule has 0 unspecified atom stereocenters. The second-order valence-corrected chi connectivity index (χ2v) is 11.2. The van der Waals surface area contributed by atoms with E-state index >= 15 is 0 Å². The Balaban J connectivity index is 1.70. The number of rotatable bonds is 12. The van der Waals surface area contributed by atoms with Crippen LogP contribution in [0, 0.1) is 0 Å². The number of hydrogen-bond donors (Lipinski definition) is 0. The largest absolute Gasteiger partial charge is 0.465 e. The van der Waals surface area contributed by atoms with Gasteiger partial charge in [-0.2, -0.15) is 0 Å². The Hall–Kier alpha value is -3.39. The maximum atomic E-state index is 13.0. The molecule has 0 aromatic heterocycles. The molecule has 4 aromatic carbocycles. The van der Waals surface area contributed by atoms with Gasteiger partial charge in [-0.25, -0.2) is 4.79 Å². The van der Waals surface area contributed by atoms with E-state index < -0.39 is 0 Å². The Morgan fingerprint density at radius 3 is 2.08 bits per heavy atom. The fourth-order valence-electron chi connectivity index (χ4n) is 6.84. The van der Waals surface area contributed by atoms with Crippen molar-refractivity contribution in [1.82, 2.24) is 0 Å². The molecule has 0 heterocycles. The van der Waals surface area contributed by atoms with Crippen molar-refractivity contribution in [3.8, 4) is 22.3 Å². The Kier molecular flexibility index (Phi) is 8.50. The van der Waals surface area contributed by atoms with Crippen LogP contribution in [-0.4, -0.2) is 13.1 Å². The van der Waals surface area contributed by atoms with Gasteiger partial charge in [0.25, 0.3) is 0 Å². The van der Waals surface area contributed by atoms with Crippen molar-refractivity contribution < 1.29 is 9.53 Å². The zero-order valence-corrected chi connectivity index (χ0v) is 23.9. The van der Waals surface area contributed by atoms with Crippen LogP contribution in [0.5, 0.6) is 0 Å². The molecule has 0 amide bonds. The summed E-state index contributed by atoms with van der Waals surface area (Å²) in [5, 5.41) is 2.22. The Labute approximate surface area is 234 Å². The lowest BCUT2D eigenvalue weighted by atomic mass is 9.70. The monoisotopic (exact) mass is 518 g/mol. The van der Waals surface area contributed by atoms with Gasteiger partial charge in [0, 0.05) is 11.0 Å². The molecule has 1 aliphatic carbocycles. The molecule has 202 valence electrons. The Bertz CT molecular complexity index is 1440. The van der Waals surface area contributed by atoms with Crippen LogP contribution in [0.1, 0.15) is 99.5 Å². The van der Waals surface area contributed by atoms with Crippen LogP contribution in [0.3, 0.4) is 0 Å². The summed E-state index contributed by atoms with van der Waals surface area (Å²) in [4.78, 5) is 13.0. The first kappa shape index (κ1) is 27.2. The molecule has 5 rings (SSSR count). The van der Waals surface area contributed by atoms with E-state index in [1.54, 1.807) is 0 Å². The molecule has 0 bridgehead atoms. The maximum Gasteiger partial charge on any atom is 0.338 e. The fourth-order valence-corrected chi connectivity index (χ4v) is 6.84. The highest BCUT2D eigenvalue weighted by atomic mass is 16.5. The second-order valence-electron chi connectivity index (χ2n) is 11.2. The summed E-state index contributed by atoms with van der Waals surface area (Å²) in [5.74, 6) is -0.287. The molecular weight excluding hydrogens is 476 g/mol. The van der Waals surface area contributed by atoms with Crippen LogP contribution in [0.25, 0.3) is 33.0 Å². The van der Waals surface area contributed by atoms with Crippen molar-refractivity contribution in [3.63, 3.8) is 0 Å². The number of esters is 1. The zero-order chi connectivity index (χ0) is 27.2. The third-order valence-electron chi connectivity index (χ3n) is 8.81. The summed E-state index contributed by atoms with van der Waals surface area (Å²) < 4.78 is 5.24. The predicted octanol–water partition coefficient (Wildman–Crippen LogP) is 10.5. The maximum absolute atomic E-state index is 13.0. The summed E-state index contributed by atoms with van der Waals surface area (Å²) in [6.45, 7) is 4.58. The minimum absolute atomic E-state index is 0.0133. The first-order chi connectivity index (χ1) is 19.1. The highest BCUT2D eigenvalue weighted by Crippen LogP contribution is 2.55. The van der Waals surface area contributed by atoms with E-state index in [1.165, 1.54) is 93.6 Å². The van der Waals surface area contributed by atoms with Gasteiger partial charge in [0.1, 0.15) is 0 Å². The quantitative estimate of drug-likeness (QED) is 0.138. The summed E-state index contributed by atoms with van der Waals surface area (Å²) in [5.41, 5.74) is 8.41. The van der Waals surface area contributed by atoms with Gasteiger partial charge in [0.15, 0.2) is 0 Å². The third-order valence-corrected chi connectivity index (χ3v) is 8.81. The molecule has 0 saturated carbocycles. The van der Waals surface area contributed by atoms with E-state index in [0.717, 1.165) is 21.9 Å². The molecule has 0 saturated heterocycles. The molecule has 4 aromatic rings. The van der Waals surface area contributed by atoms with Gasteiger partial charge in [-0.1, -0.05) is 132 Å². The molecule has 0 spiro atoms. The second kappa shape index (κ2) is 12.2. The fraction of sp³-hybridized carbons (Fsp3) is 0.378. The van der Waals surface area contributed by atoms with Crippen LogP contribution in [0.2, 0.25) is 0 Å². The number of carbonyl (C=O) groups excluding carboxylic acids is 1. The number of hydrogen-bond acceptors (Lipinski definition) is 2. The van der Waals surface area contributed by atoms with E-state index in [0.29, 0.717) is 5.56 Å². The lowest BCUT2D eigenvalue weighted by Crippen LogP contribution is -2.25. The predicted molar refractivity (Wildman–Crippen MR) is 164 cm³/mol. The zero-order valence-electron chi connectivity index (χ0n) is 23.9. The molecule has 2 nitrogen and oxygen atoms in total. The number of carbonyl (C=O) groups is 1. The van der Waals surface area contributed by atoms with E-state index in [2.05, 4.69) is 80.6 Å². The molecule has 0 fully saturated rings. The first-order valence-corrected chi connectivity index (χ1v) is 15.0. The van der Waals surface area contributed by atoms with Gasteiger partial charge in [-0.3, -0.25) is 0 Å². The Morgan fingerprint density at radius 2 is 1.36 bits per heavy atom. The van der Waals surface area contributed by atoms with E-state index in [-0.39, 0.29) is 11.4 Å². The van der Waals surface area contributed by atoms with Gasteiger partial charge >= 0.3 is 5.97 Å². The van der Waals surface area contributed by atoms with Crippen molar-refractivity contribution in [2.75, 3.05) is 7.11 Å². The van der Waals surface area contributed by atoms with Crippen LogP contribution in [-0.2, 0) is 10.2 Å². The molecule has 0 aliphatic heterocycles. The third kappa shape index (κ3) is 5.14. The molecule has 2 heteroatoms. The lowest BCUT2D eigenvalue weighted by molar-refractivity contribution is 0.0602. The van der Waals surface area contributed by atoms with Crippen LogP contribution < -0.4 is 0 Å². The summed E-state index contributed by atoms with van der Waals surface area (Å²) in [7, 11) is 1.47. The molecule has 39 heavy (non-hydrogen) atoms. The van der Waals surface area contributed by atoms with Crippen LogP contribution >= 0.6 is 0 Å². The smallest absolute Gasteiger partial charge is 0.338 e. The number of benzene rings is 4. The first-order valence-electron chi connectivity index (χ1n) is 15.0. The van der Waals surface area contributed by atoms with E-state index in [4.69, 9.17) is 4.74 Å². The SMILES string of the molecule is CCCCCCC1(CCCCCC)c2ccccc2-c2ccc(-c3c(C(=O)OC)ccc4ccccc34)cc21. The van der Waals surface area contributed by atoms with E-state index in [1.807, 2.05) is 12.1 Å². The highest BCUT2D eigenvalue weighted by Gasteiger charge is 2.42. The molecule has 0 radical (unpaired) electrons. The molecular formula is C37H42O2. The van der Waals surface area contributed by atoms with Gasteiger partial charge in [-0.05, 0) is 63.6 Å². The van der Waals surface area contributed by atoms with Crippen molar-refractivity contribution >= 4 is 16.7 Å². The molecule has 1 aliphatic rings. The van der Waals surface area contributed by atoms with Gasteiger partial charge < -0.3 is 4.74 Å². The summed E-state index contributed by atoms with van der Waals surface area (Å²) >= 11 is 0. The standard InChI is InChI=1S/C37H42O2/c1-4-6-8-14-24-37(25-15-9-7-5-2)33-19-13-12-18-30(33)31-22-21-28(26-34(31)37)35-29-17-11-10-16-27(29)20-23-32(35)36(38)39-3/h10-13,16-23,26H,4-9,14-15,24-25H2,1-3H3. The summed E-state index contributed by atoms with van der Waals surface area (Å²) in [6.07, 6.45) is 12.5. The van der Waals surface area contributed by atoms with Gasteiger partial charge in [0.05, 0.1) is 12.7 Å². The topological polar surface area (TPSA) is 26.3 Å². The number of methoxy groups -OCH3 is 1. The van der Waals surface area contributed by atoms with E-state index in [9.17, 15) is 4.79 Å². The average Bonchev–Trinajstić information content (AvgIpc) is 3.25. The van der Waals surface area contributed by atoms with Crippen LogP contribution in [0.4, 0.5) is 0 Å². The minimum Gasteiger partial charge on any atom is -0.465 e. The number of fused-ring (bicyclic) bond motifs is 4. The lowest BCUT2D eigenvalue weighted by Gasteiger charge is -2.33. The van der Waals surface area contributed by atoms with Crippen molar-refractivity contribution in [1.29, 1.82) is 0 Å². The molecule has 0 atom stereocenters. The minimum atomic E-state index is -0.287. The van der Waals surface area contributed by atoms with Crippen LogP contribution in [0.15, 0.2) is 78.9 Å². The normalized spacial score (nSPS) is 13.3.